The van der Waals surface area contributed by atoms with Crippen LogP contribution in [0.25, 0.3) is 0 Å². The fraction of sp³-hybridized carbons (Fsp3) is 0.208. The van der Waals surface area contributed by atoms with Crippen LogP contribution in [0.3, 0.4) is 0 Å². The number of carbonyl (C=O) groups excluding carboxylic acids is 1. The van der Waals surface area contributed by atoms with E-state index in [1.165, 1.54) is 0 Å². The first-order valence-corrected chi connectivity index (χ1v) is 9.98. The topological polar surface area (TPSA) is 44.8 Å². The summed E-state index contributed by atoms with van der Waals surface area (Å²) in [6.07, 6.45) is -0.257. The maximum atomic E-state index is 13.4. The molecule has 1 atom stereocenters. The van der Waals surface area contributed by atoms with Gasteiger partial charge in [0.25, 0.3) is 5.91 Å². The summed E-state index contributed by atoms with van der Waals surface area (Å²) < 4.78 is 5.45. The molecule has 2 aliphatic heterocycles. The van der Waals surface area contributed by atoms with Crippen molar-refractivity contribution in [2.75, 3.05) is 41.4 Å². The van der Waals surface area contributed by atoms with Gasteiger partial charge < -0.3 is 15.0 Å². The summed E-state index contributed by atoms with van der Waals surface area (Å²) in [4.78, 5) is 17.6. The van der Waals surface area contributed by atoms with Gasteiger partial charge >= 0.3 is 0 Å². The predicted octanol–water partition coefficient (Wildman–Crippen LogP) is 4.29. The third kappa shape index (κ3) is 3.34. The molecule has 5 rings (SSSR count). The molecular formula is C24H23N3O2. The van der Waals surface area contributed by atoms with Gasteiger partial charge in [0, 0.05) is 30.2 Å². The fourth-order valence-electron chi connectivity index (χ4n) is 4.03. The third-order valence-corrected chi connectivity index (χ3v) is 5.55. The van der Waals surface area contributed by atoms with Crippen molar-refractivity contribution in [2.24, 2.45) is 0 Å². The largest absolute Gasteiger partial charge is 0.378 e. The van der Waals surface area contributed by atoms with Crippen molar-refractivity contribution >= 4 is 23.0 Å². The molecule has 0 aliphatic carbocycles. The summed E-state index contributed by atoms with van der Waals surface area (Å²) in [5.74, 6) is 0.00678. The number of rotatable bonds is 3. The second-order valence-electron chi connectivity index (χ2n) is 7.29. The van der Waals surface area contributed by atoms with Crippen LogP contribution in [0.2, 0.25) is 0 Å². The van der Waals surface area contributed by atoms with Crippen LogP contribution in [-0.2, 0) is 4.74 Å². The molecule has 29 heavy (non-hydrogen) atoms. The maximum absolute atomic E-state index is 13.4. The Bertz CT molecular complexity index is 998. The lowest BCUT2D eigenvalue weighted by atomic mass is 10.0. The van der Waals surface area contributed by atoms with E-state index < -0.39 is 0 Å². The van der Waals surface area contributed by atoms with Crippen LogP contribution in [0.4, 0.5) is 17.1 Å². The summed E-state index contributed by atoms with van der Waals surface area (Å²) in [6, 6.07) is 26.0. The van der Waals surface area contributed by atoms with E-state index in [0.29, 0.717) is 5.56 Å². The van der Waals surface area contributed by atoms with Gasteiger partial charge in [-0.2, -0.15) is 0 Å². The Labute approximate surface area is 170 Å². The van der Waals surface area contributed by atoms with Gasteiger partial charge in [-0.25, -0.2) is 0 Å². The molecule has 3 aromatic rings. The first kappa shape index (κ1) is 17.8. The monoisotopic (exact) mass is 385 g/mol. The molecule has 0 spiro atoms. The van der Waals surface area contributed by atoms with Crippen LogP contribution in [0.15, 0.2) is 78.9 Å². The predicted molar refractivity (Wildman–Crippen MR) is 116 cm³/mol. The Morgan fingerprint density at radius 3 is 2.21 bits per heavy atom. The van der Waals surface area contributed by atoms with Crippen molar-refractivity contribution in [3.63, 3.8) is 0 Å². The summed E-state index contributed by atoms with van der Waals surface area (Å²) in [5, 5.41) is 3.55. The van der Waals surface area contributed by atoms with Gasteiger partial charge in [-0.1, -0.05) is 42.5 Å². The minimum Gasteiger partial charge on any atom is -0.378 e. The minimum absolute atomic E-state index is 0.00678. The number of morpholine rings is 1. The van der Waals surface area contributed by atoms with Crippen molar-refractivity contribution in [1.82, 2.24) is 0 Å². The Balaban J connectivity index is 1.52. The van der Waals surface area contributed by atoms with Crippen LogP contribution in [0.5, 0.6) is 0 Å². The van der Waals surface area contributed by atoms with E-state index in [4.69, 9.17) is 4.74 Å². The van der Waals surface area contributed by atoms with E-state index >= 15 is 0 Å². The van der Waals surface area contributed by atoms with E-state index in [9.17, 15) is 4.79 Å². The molecule has 1 fully saturated rings. The van der Waals surface area contributed by atoms with Crippen molar-refractivity contribution in [2.45, 2.75) is 6.17 Å². The average Bonchev–Trinajstić information content (AvgIpc) is 2.80. The number of benzene rings is 3. The lowest BCUT2D eigenvalue weighted by Gasteiger charge is -2.38. The Morgan fingerprint density at radius 1 is 0.793 bits per heavy atom. The third-order valence-electron chi connectivity index (χ3n) is 5.55. The standard InChI is InChI=1S/C24H23N3O2/c28-24-21-8-4-5-9-22(21)25-23(18-6-2-1-3-7-18)27(24)20-12-10-19(11-13-20)26-14-16-29-17-15-26/h1-13,23,25H,14-17H2/t23-/m0/s1. The molecule has 2 aliphatic rings. The van der Waals surface area contributed by atoms with E-state index in [2.05, 4.69) is 22.3 Å². The lowest BCUT2D eigenvalue weighted by molar-refractivity contribution is 0.0975. The van der Waals surface area contributed by atoms with Gasteiger partial charge in [0.05, 0.1) is 18.8 Å². The highest BCUT2D eigenvalue weighted by Crippen LogP contribution is 2.37. The number of carbonyl (C=O) groups is 1. The fourth-order valence-corrected chi connectivity index (χ4v) is 4.03. The van der Waals surface area contributed by atoms with Gasteiger partial charge in [-0.15, -0.1) is 0 Å². The summed E-state index contributed by atoms with van der Waals surface area (Å²) >= 11 is 0. The van der Waals surface area contributed by atoms with Crippen LogP contribution in [0, 0.1) is 0 Å². The zero-order valence-corrected chi connectivity index (χ0v) is 16.1. The molecule has 0 radical (unpaired) electrons. The number of hydrogen-bond acceptors (Lipinski definition) is 4. The number of fused-ring (bicyclic) bond motifs is 1. The van der Waals surface area contributed by atoms with Crippen molar-refractivity contribution < 1.29 is 9.53 Å². The van der Waals surface area contributed by atoms with Crippen LogP contribution in [0.1, 0.15) is 22.1 Å². The van der Waals surface area contributed by atoms with Crippen LogP contribution < -0.4 is 15.1 Å². The molecule has 1 amide bonds. The highest BCUT2D eigenvalue weighted by atomic mass is 16.5. The SMILES string of the molecule is O=C1c2ccccc2N[C@H](c2ccccc2)N1c1ccc(N2CCOCC2)cc1. The Kier molecular flexibility index (Phi) is 4.66. The number of hydrogen-bond donors (Lipinski definition) is 1. The number of anilines is 3. The Hall–Kier alpha value is -3.31. The number of para-hydroxylation sites is 1. The summed E-state index contributed by atoms with van der Waals surface area (Å²) in [6.45, 7) is 3.29. The van der Waals surface area contributed by atoms with Crippen molar-refractivity contribution in [1.29, 1.82) is 0 Å². The highest BCUT2D eigenvalue weighted by Gasteiger charge is 2.33. The molecule has 1 saturated heterocycles. The van der Waals surface area contributed by atoms with Gasteiger partial charge in [-0.05, 0) is 42.0 Å². The summed E-state index contributed by atoms with van der Waals surface area (Å²) in [7, 11) is 0. The first-order valence-electron chi connectivity index (χ1n) is 9.98. The van der Waals surface area contributed by atoms with E-state index in [1.54, 1.807) is 0 Å². The molecule has 0 aromatic heterocycles. The number of nitrogens with zero attached hydrogens (tertiary/aromatic N) is 2. The van der Waals surface area contributed by atoms with Gasteiger partial charge in [0.15, 0.2) is 0 Å². The van der Waals surface area contributed by atoms with Gasteiger partial charge in [0.1, 0.15) is 6.17 Å². The zero-order valence-electron chi connectivity index (χ0n) is 16.1. The van der Waals surface area contributed by atoms with Gasteiger partial charge in [0.2, 0.25) is 0 Å². The van der Waals surface area contributed by atoms with Crippen LogP contribution in [-0.4, -0.2) is 32.2 Å². The smallest absolute Gasteiger partial charge is 0.262 e. The van der Waals surface area contributed by atoms with E-state index in [-0.39, 0.29) is 12.1 Å². The average molecular weight is 385 g/mol. The minimum atomic E-state index is -0.257. The van der Waals surface area contributed by atoms with E-state index in [0.717, 1.165) is 48.9 Å². The van der Waals surface area contributed by atoms with Crippen molar-refractivity contribution in [3.8, 4) is 0 Å². The number of amides is 1. The maximum Gasteiger partial charge on any atom is 0.262 e. The first-order chi connectivity index (χ1) is 14.3. The van der Waals surface area contributed by atoms with Crippen molar-refractivity contribution in [3.05, 3.63) is 90.0 Å². The molecule has 5 heteroatoms. The molecule has 0 saturated carbocycles. The molecule has 2 heterocycles. The second kappa shape index (κ2) is 7.60. The second-order valence-corrected chi connectivity index (χ2v) is 7.29. The summed E-state index contributed by atoms with van der Waals surface area (Å²) in [5.41, 5.74) is 4.64. The normalized spacial score (nSPS) is 18.9. The molecule has 1 N–H and O–H groups in total. The quantitative estimate of drug-likeness (QED) is 0.730. The van der Waals surface area contributed by atoms with Gasteiger partial charge in [-0.3, -0.25) is 9.69 Å². The Morgan fingerprint density at radius 2 is 1.45 bits per heavy atom. The molecule has 3 aromatic carbocycles. The molecule has 146 valence electrons. The van der Waals surface area contributed by atoms with E-state index in [1.807, 2.05) is 71.6 Å². The van der Waals surface area contributed by atoms with Crippen LogP contribution >= 0.6 is 0 Å². The molecule has 5 nitrogen and oxygen atoms in total. The number of nitrogens with one attached hydrogen (secondary N) is 1. The lowest BCUT2D eigenvalue weighted by Crippen LogP contribution is -2.43. The molecule has 0 bridgehead atoms. The molecule has 0 unspecified atom stereocenters. The molecular weight excluding hydrogens is 362 g/mol. The zero-order chi connectivity index (χ0) is 19.6. The number of ether oxygens (including phenoxy) is 1. The highest BCUT2D eigenvalue weighted by molar-refractivity contribution is 6.12.